The van der Waals surface area contributed by atoms with Crippen LogP contribution >= 0.6 is 0 Å². The van der Waals surface area contributed by atoms with Gasteiger partial charge in [0.25, 0.3) is 0 Å². The molecule has 1 aliphatic carbocycles. The number of anilines is 2. The third-order valence-corrected chi connectivity index (χ3v) is 10.6. The molecule has 11 heteroatoms. The lowest BCUT2D eigenvalue weighted by Gasteiger charge is -2.37. The van der Waals surface area contributed by atoms with Crippen molar-refractivity contribution in [1.29, 1.82) is 0 Å². The molecule has 0 amide bonds. The van der Waals surface area contributed by atoms with E-state index in [0.29, 0.717) is 25.7 Å². The fourth-order valence-electron chi connectivity index (χ4n) is 7.53. The third-order valence-electron chi connectivity index (χ3n) is 10.6. The smallest absolute Gasteiger partial charge is 0.350 e. The Hall–Kier alpha value is -4.09. The molecule has 7 rings (SSSR count). The van der Waals surface area contributed by atoms with Gasteiger partial charge in [0.2, 0.25) is 0 Å². The van der Waals surface area contributed by atoms with Gasteiger partial charge in [-0.25, -0.2) is 14.0 Å². The minimum atomic E-state index is -0.615. The lowest BCUT2D eigenvalue weighted by Crippen LogP contribution is -2.48. The number of hydrazone groups is 1. The highest BCUT2D eigenvalue weighted by atomic mass is 16.8. The van der Waals surface area contributed by atoms with Gasteiger partial charge in [-0.1, -0.05) is 25.8 Å². The van der Waals surface area contributed by atoms with E-state index in [-0.39, 0.29) is 17.8 Å². The lowest BCUT2D eigenvalue weighted by atomic mass is 9.96. The molecule has 3 atom stereocenters. The molecule has 2 aromatic carbocycles. The zero-order valence-corrected chi connectivity index (χ0v) is 29.0. The number of ether oxygens (including phenoxy) is 3. The van der Waals surface area contributed by atoms with Gasteiger partial charge in [0.15, 0.2) is 5.79 Å². The van der Waals surface area contributed by atoms with Crippen LogP contribution in [0.2, 0.25) is 0 Å². The molecule has 3 aromatic rings. The van der Waals surface area contributed by atoms with E-state index in [4.69, 9.17) is 14.2 Å². The van der Waals surface area contributed by atoms with Crippen LogP contribution in [0, 0.1) is 5.92 Å². The van der Waals surface area contributed by atoms with Crippen molar-refractivity contribution < 1.29 is 14.2 Å². The van der Waals surface area contributed by atoms with Crippen molar-refractivity contribution in [3.63, 3.8) is 0 Å². The molecular weight excluding hydrogens is 618 g/mol. The largest absolute Gasteiger partial charge is 0.491 e. The quantitative estimate of drug-likeness (QED) is 0.259. The predicted molar refractivity (Wildman–Crippen MR) is 193 cm³/mol. The summed E-state index contributed by atoms with van der Waals surface area (Å²) in [7, 11) is 0. The van der Waals surface area contributed by atoms with Gasteiger partial charge in [-0.3, -0.25) is 5.01 Å². The van der Waals surface area contributed by atoms with Crippen LogP contribution in [0.25, 0.3) is 5.69 Å². The first-order valence-electron chi connectivity index (χ1n) is 18.3. The number of piperazine rings is 1. The Morgan fingerprint density at radius 1 is 0.918 bits per heavy atom. The van der Waals surface area contributed by atoms with Crippen molar-refractivity contribution in [3.8, 4) is 11.4 Å². The molecule has 0 N–H and O–H groups in total. The molecule has 1 aromatic heterocycles. The first-order chi connectivity index (χ1) is 24.0. The molecule has 4 heterocycles. The molecule has 3 aliphatic heterocycles. The van der Waals surface area contributed by atoms with Gasteiger partial charge in [-0.05, 0) is 93.6 Å². The molecule has 3 fully saturated rings. The Balaban J connectivity index is 0.898. The zero-order chi connectivity index (χ0) is 33.6. The van der Waals surface area contributed by atoms with E-state index >= 15 is 0 Å². The van der Waals surface area contributed by atoms with Gasteiger partial charge in [0.1, 0.15) is 24.8 Å². The maximum atomic E-state index is 12.8. The van der Waals surface area contributed by atoms with Crippen LogP contribution < -0.4 is 20.2 Å². The summed E-state index contributed by atoms with van der Waals surface area (Å²) >= 11 is 0. The topological polar surface area (TPSA) is 89.6 Å². The van der Waals surface area contributed by atoms with Crippen LogP contribution in [0.1, 0.15) is 64.8 Å². The van der Waals surface area contributed by atoms with E-state index in [0.717, 1.165) is 82.0 Å². The van der Waals surface area contributed by atoms with Crippen LogP contribution in [-0.4, -0.2) is 89.9 Å². The van der Waals surface area contributed by atoms with E-state index in [2.05, 4.69) is 74.4 Å². The second-order valence-corrected chi connectivity index (χ2v) is 13.8. The number of hydrogen-bond donors (Lipinski definition) is 0. The summed E-state index contributed by atoms with van der Waals surface area (Å²) in [6, 6.07) is 16.7. The molecule has 0 radical (unpaired) electrons. The molecule has 49 heavy (non-hydrogen) atoms. The van der Waals surface area contributed by atoms with E-state index in [1.54, 1.807) is 15.6 Å². The fourth-order valence-corrected chi connectivity index (χ4v) is 7.53. The average molecular weight is 670 g/mol. The fraction of sp³-hybridized carbons (Fsp3) is 0.553. The third kappa shape index (κ3) is 7.57. The monoisotopic (exact) mass is 669 g/mol. The maximum Gasteiger partial charge on any atom is 0.350 e. The number of allylic oxidation sites excluding steroid dienone is 2. The molecule has 1 saturated carbocycles. The van der Waals surface area contributed by atoms with Gasteiger partial charge in [-0.2, -0.15) is 10.2 Å². The summed E-state index contributed by atoms with van der Waals surface area (Å²) in [4.78, 5) is 17.6. The van der Waals surface area contributed by atoms with Crippen LogP contribution in [0.5, 0.6) is 5.75 Å². The molecule has 2 saturated heterocycles. The normalized spacial score (nSPS) is 25.3. The molecule has 3 unspecified atom stereocenters. The van der Waals surface area contributed by atoms with Crippen LogP contribution in [-0.2, 0) is 9.47 Å². The summed E-state index contributed by atoms with van der Waals surface area (Å²) in [5, 5.41) is 11.1. The van der Waals surface area contributed by atoms with Gasteiger partial charge in [0, 0.05) is 56.2 Å². The highest BCUT2D eigenvalue weighted by molar-refractivity contribution is 5.70. The predicted octanol–water partition coefficient (Wildman–Crippen LogP) is 5.65. The van der Waals surface area contributed by atoms with E-state index in [9.17, 15) is 4.79 Å². The minimum absolute atomic E-state index is 0.0788. The van der Waals surface area contributed by atoms with E-state index in [1.807, 2.05) is 31.3 Å². The van der Waals surface area contributed by atoms with Crippen LogP contribution in [0.15, 0.2) is 76.9 Å². The molecule has 11 nitrogen and oxygen atoms in total. The molecule has 0 bridgehead atoms. The van der Waals surface area contributed by atoms with Crippen molar-refractivity contribution >= 4 is 17.6 Å². The molecule has 262 valence electrons. The van der Waals surface area contributed by atoms with E-state index < -0.39 is 5.79 Å². The van der Waals surface area contributed by atoms with Crippen molar-refractivity contribution in [2.45, 2.75) is 76.7 Å². The maximum absolute atomic E-state index is 12.8. The number of rotatable bonds is 11. The highest BCUT2D eigenvalue weighted by Crippen LogP contribution is 2.42. The second-order valence-electron chi connectivity index (χ2n) is 13.8. The van der Waals surface area contributed by atoms with Gasteiger partial charge in [-0.15, -0.1) is 0 Å². The number of hydrogen-bond acceptors (Lipinski definition) is 9. The van der Waals surface area contributed by atoms with Gasteiger partial charge in [0.05, 0.1) is 24.9 Å². The molecule has 4 aliphatic rings. The summed E-state index contributed by atoms with van der Waals surface area (Å²) < 4.78 is 22.7. The van der Waals surface area contributed by atoms with Crippen molar-refractivity contribution in [3.05, 3.63) is 77.5 Å². The molecule has 0 spiro atoms. The van der Waals surface area contributed by atoms with Crippen molar-refractivity contribution in [2.24, 2.45) is 11.0 Å². The zero-order valence-electron chi connectivity index (χ0n) is 29.0. The first kappa shape index (κ1) is 33.4. The minimum Gasteiger partial charge on any atom is -0.491 e. The first-order valence-corrected chi connectivity index (χ1v) is 18.3. The molecular formula is C38H51N7O4. The van der Waals surface area contributed by atoms with Crippen LogP contribution in [0.3, 0.4) is 0 Å². The SMILES string of the molecule is CCC(C)n1ncn(-c2ccc(N3CCN(c4ccc(OCC5COC(CN6CCC/C=C/C=N\6)(C6CCCC6)O5)cc4)CC3)cc2)c1=O. The number of benzene rings is 2. The second kappa shape index (κ2) is 15.2. The highest BCUT2D eigenvalue weighted by Gasteiger charge is 2.50. The number of nitrogens with zero attached hydrogens (tertiary/aromatic N) is 7. The Morgan fingerprint density at radius 3 is 2.29 bits per heavy atom. The summed E-state index contributed by atoms with van der Waals surface area (Å²) in [6.07, 6.45) is 15.4. The Kier molecular flexibility index (Phi) is 10.4. The number of aromatic nitrogens is 3. The summed E-state index contributed by atoms with van der Waals surface area (Å²) in [5.41, 5.74) is 3.10. The van der Waals surface area contributed by atoms with Gasteiger partial charge < -0.3 is 24.0 Å². The van der Waals surface area contributed by atoms with Crippen molar-refractivity contribution in [2.75, 3.05) is 62.3 Å². The Labute approximate surface area is 289 Å². The average Bonchev–Trinajstić information content (AvgIpc) is 3.90. The van der Waals surface area contributed by atoms with Crippen LogP contribution in [0.4, 0.5) is 11.4 Å². The van der Waals surface area contributed by atoms with Gasteiger partial charge >= 0.3 is 5.69 Å². The lowest BCUT2D eigenvalue weighted by molar-refractivity contribution is -0.216. The van der Waals surface area contributed by atoms with Crippen molar-refractivity contribution in [1.82, 2.24) is 19.4 Å². The standard InChI is InChI=1S/C38H51N7O4/c1-3-30(2)45-37(46)44(29-40-45)34-14-12-32(13-15-34)41-22-24-42(25-23-41)33-16-18-35(19-17-33)47-26-36-27-48-38(49-36,31-10-6-7-11-31)28-43-21-9-5-4-8-20-39-43/h4,8,12-20,29-31,36H,3,5-7,9-11,21-28H2,1-2H3/b8-4+,39-20-. The van der Waals surface area contributed by atoms with E-state index in [1.165, 1.54) is 18.5 Å². The Morgan fingerprint density at radius 2 is 1.59 bits per heavy atom. The summed E-state index contributed by atoms with van der Waals surface area (Å²) in [5.74, 6) is 0.623. The Bertz CT molecular complexity index is 1620. The summed E-state index contributed by atoms with van der Waals surface area (Å²) in [6.45, 7) is 10.4.